The molecule has 0 saturated carbocycles. The van der Waals surface area contributed by atoms with Crippen LogP contribution in [0.25, 0.3) is 0 Å². The monoisotopic (exact) mass is 570 g/mol. The summed E-state index contributed by atoms with van der Waals surface area (Å²) in [6, 6.07) is 9.35. The van der Waals surface area contributed by atoms with Crippen molar-refractivity contribution in [3.05, 3.63) is 93.4 Å². The van der Waals surface area contributed by atoms with Crippen molar-refractivity contribution in [2.24, 2.45) is 0 Å². The summed E-state index contributed by atoms with van der Waals surface area (Å²) in [7, 11) is 1.85. The molecule has 0 bridgehead atoms. The average Bonchev–Trinajstić information content (AvgIpc) is 2.97. The second kappa shape index (κ2) is 15.9. The Bertz CT molecular complexity index is 1290. The number of aryl methyl sites for hydroxylation is 2. The van der Waals surface area contributed by atoms with Gasteiger partial charge in [-0.05, 0) is 85.7 Å². The lowest BCUT2D eigenvalue weighted by Gasteiger charge is -2.25. The highest BCUT2D eigenvalue weighted by molar-refractivity contribution is 6.31. The van der Waals surface area contributed by atoms with Gasteiger partial charge in [-0.3, -0.25) is 9.59 Å². The standard InChI is InChI=1S/C30H34ClFN2O4.C2H6/c1-5-21-16-26(12-9-22(21)10-13-28(35)36)38-27-17-23(15-25(32)18-27)20(3)33-30(37)29-19(2)8-11-24(31)7-6-14-34(29)4;1-2/h6-7,9,11-12,15-18,20H,5,8,10,13-14H2,1-4H3,(H,33,37)(H,35,36);1-2H3/b7-6-,24-11+,29-19-;/t20-;/m1./s1. The molecule has 2 aromatic rings. The van der Waals surface area contributed by atoms with Crippen LogP contribution in [0.1, 0.15) is 70.2 Å². The molecule has 8 heteroatoms. The number of rotatable bonds is 9. The van der Waals surface area contributed by atoms with Crippen LogP contribution >= 0.6 is 11.6 Å². The number of ether oxygens (including phenoxy) is 1. The van der Waals surface area contributed by atoms with E-state index in [1.54, 1.807) is 19.1 Å². The predicted molar refractivity (Wildman–Crippen MR) is 159 cm³/mol. The molecule has 0 fully saturated rings. The van der Waals surface area contributed by atoms with Crippen molar-refractivity contribution in [1.82, 2.24) is 10.2 Å². The van der Waals surface area contributed by atoms with Gasteiger partial charge in [-0.15, -0.1) is 0 Å². The number of aliphatic carboxylic acids is 1. The van der Waals surface area contributed by atoms with E-state index in [-0.39, 0.29) is 12.3 Å². The zero-order chi connectivity index (χ0) is 29.8. The lowest BCUT2D eigenvalue weighted by Crippen LogP contribution is -2.35. The van der Waals surface area contributed by atoms with Crippen molar-refractivity contribution in [2.75, 3.05) is 13.6 Å². The van der Waals surface area contributed by atoms with Crippen LogP contribution in [0.15, 0.2) is 70.9 Å². The number of likely N-dealkylation sites (N-methyl/N-ethyl adjacent to an activating group) is 1. The summed E-state index contributed by atoms with van der Waals surface area (Å²) < 4.78 is 20.6. The summed E-state index contributed by atoms with van der Waals surface area (Å²) in [6.07, 6.45) is 7.32. The van der Waals surface area contributed by atoms with E-state index < -0.39 is 17.8 Å². The minimum atomic E-state index is -0.845. The number of hydrogen-bond donors (Lipinski definition) is 2. The summed E-state index contributed by atoms with van der Waals surface area (Å²) in [5.74, 6) is -0.744. The van der Waals surface area contributed by atoms with Crippen molar-refractivity contribution in [1.29, 1.82) is 0 Å². The van der Waals surface area contributed by atoms with Crippen LogP contribution in [0.3, 0.4) is 0 Å². The largest absolute Gasteiger partial charge is 0.481 e. The van der Waals surface area contributed by atoms with Crippen molar-refractivity contribution in [3.63, 3.8) is 0 Å². The van der Waals surface area contributed by atoms with Gasteiger partial charge in [-0.25, -0.2) is 4.39 Å². The topological polar surface area (TPSA) is 78.9 Å². The Labute approximate surface area is 242 Å². The maximum Gasteiger partial charge on any atom is 0.303 e. The Morgan fingerprint density at radius 1 is 1.15 bits per heavy atom. The smallest absolute Gasteiger partial charge is 0.303 e. The van der Waals surface area contributed by atoms with E-state index in [2.05, 4.69) is 5.32 Å². The lowest BCUT2D eigenvalue weighted by atomic mass is 10.0. The second-order valence-electron chi connectivity index (χ2n) is 9.40. The molecule has 1 heterocycles. The van der Waals surface area contributed by atoms with E-state index in [0.29, 0.717) is 53.6 Å². The number of carboxylic acid groups (broad SMARTS) is 1. The van der Waals surface area contributed by atoms with Gasteiger partial charge in [0.25, 0.3) is 5.91 Å². The number of carbonyl (C=O) groups excluding carboxylic acids is 1. The molecule has 6 nitrogen and oxygen atoms in total. The van der Waals surface area contributed by atoms with E-state index in [1.807, 2.05) is 70.0 Å². The summed E-state index contributed by atoms with van der Waals surface area (Å²) in [6.45, 7) is 10.2. The number of carbonyl (C=O) groups is 2. The van der Waals surface area contributed by atoms with Crippen molar-refractivity contribution >= 4 is 23.5 Å². The van der Waals surface area contributed by atoms with Crippen molar-refractivity contribution < 1.29 is 23.8 Å². The molecule has 2 N–H and O–H groups in total. The molecule has 0 unspecified atom stereocenters. The fourth-order valence-corrected chi connectivity index (χ4v) is 4.55. The Kier molecular flexibility index (Phi) is 12.9. The molecule has 1 atom stereocenters. The first-order valence-electron chi connectivity index (χ1n) is 13.6. The third-order valence-corrected chi connectivity index (χ3v) is 6.68. The first kappa shape index (κ1) is 32.6. The molecule has 2 aromatic carbocycles. The number of halogens is 2. The molecule has 216 valence electrons. The Morgan fingerprint density at radius 3 is 2.55 bits per heavy atom. The van der Waals surface area contributed by atoms with Gasteiger partial charge in [-0.1, -0.05) is 50.6 Å². The van der Waals surface area contributed by atoms with Crippen LogP contribution in [0.2, 0.25) is 0 Å². The molecule has 3 rings (SSSR count). The molecule has 1 amide bonds. The van der Waals surface area contributed by atoms with Gasteiger partial charge < -0.3 is 20.1 Å². The normalized spacial score (nSPS) is 18.1. The highest BCUT2D eigenvalue weighted by Crippen LogP contribution is 2.29. The van der Waals surface area contributed by atoms with E-state index in [1.165, 1.54) is 12.1 Å². The minimum Gasteiger partial charge on any atom is -0.481 e. The van der Waals surface area contributed by atoms with E-state index in [9.17, 15) is 14.0 Å². The number of allylic oxidation sites excluding steroid dienone is 4. The maximum atomic E-state index is 14.6. The fraction of sp³-hybridized carbons (Fsp3) is 0.375. The van der Waals surface area contributed by atoms with Gasteiger partial charge in [0.2, 0.25) is 0 Å². The van der Waals surface area contributed by atoms with Gasteiger partial charge in [0.05, 0.1) is 6.04 Å². The third kappa shape index (κ3) is 9.56. The average molecular weight is 571 g/mol. The molecule has 0 saturated heterocycles. The molecule has 0 radical (unpaired) electrons. The molecule has 1 aliphatic heterocycles. The Morgan fingerprint density at radius 2 is 1.88 bits per heavy atom. The third-order valence-electron chi connectivity index (χ3n) is 6.40. The lowest BCUT2D eigenvalue weighted by molar-refractivity contribution is -0.137. The zero-order valence-electron chi connectivity index (χ0n) is 24.2. The second-order valence-corrected chi connectivity index (χ2v) is 9.84. The van der Waals surface area contributed by atoms with Crippen LogP contribution in [-0.2, 0) is 22.4 Å². The molecular weight excluding hydrogens is 531 g/mol. The van der Waals surface area contributed by atoms with Gasteiger partial charge in [0.1, 0.15) is 23.0 Å². The number of nitrogens with zero attached hydrogens (tertiary/aromatic N) is 1. The van der Waals surface area contributed by atoms with Gasteiger partial charge in [0, 0.05) is 31.1 Å². The van der Waals surface area contributed by atoms with Gasteiger partial charge in [0.15, 0.2) is 0 Å². The highest BCUT2D eigenvalue weighted by atomic mass is 35.5. The van der Waals surface area contributed by atoms with Crippen LogP contribution in [0, 0.1) is 5.82 Å². The number of amides is 1. The number of benzene rings is 2. The summed E-state index contributed by atoms with van der Waals surface area (Å²) in [4.78, 5) is 26.1. The van der Waals surface area contributed by atoms with Gasteiger partial charge in [-0.2, -0.15) is 0 Å². The van der Waals surface area contributed by atoms with E-state index in [0.717, 1.165) is 16.7 Å². The van der Waals surface area contributed by atoms with Crippen LogP contribution in [0.5, 0.6) is 11.5 Å². The summed E-state index contributed by atoms with van der Waals surface area (Å²) >= 11 is 6.17. The number of nitrogens with one attached hydrogen (secondary N) is 1. The molecule has 1 aliphatic rings. The minimum absolute atomic E-state index is 0.0530. The quantitative estimate of drug-likeness (QED) is 0.323. The summed E-state index contributed by atoms with van der Waals surface area (Å²) in [5.41, 5.74) is 3.92. The molecule has 0 aromatic heterocycles. The van der Waals surface area contributed by atoms with Crippen LogP contribution in [-0.4, -0.2) is 35.5 Å². The molecule has 40 heavy (non-hydrogen) atoms. The van der Waals surface area contributed by atoms with Crippen LogP contribution < -0.4 is 10.1 Å². The molecule has 0 spiro atoms. The number of hydrogen-bond acceptors (Lipinski definition) is 4. The fourth-order valence-electron chi connectivity index (χ4n) is 4.38. The van der Waals surface area contributed by atoms with Crippen molar-refractivity contribution in [3.8, 4) is 11.5 Å². The first-order valence-corrected chi connectivity index (χ1v) is 14.0. The SMILES string of the molecule is CC.CCc1cc(Oc2cc(F)cc([C@@H](C)NC(=O)/C3=C(\C)C/C=C(Cl)\C=C/CN3C)c2)ccc1CCC(=O)O. The summed E-state index contributed by atoms with van der Waals surface area (Å²) in [5, 5.41) is 12.6. The van der Waals surface area contributed by atoms with Crippen LogP contribution in [0.4, 0.5) is 4.39 Å². The molecule has 0 aliphatic carbocycles. The predicted octanol–water partition coefficient (Wildman–Crippen LogP) is 7.69. The van der Waals surface area contributed by atoms with E-state index >= 15 is 0 Å². The first-order chi connectivity index (χ1) is 19.1. The highest BCUT2D eigenvalue weighted by Gasteiger charge is 2.21. The maximum absolute atomic E-state index is 14.6. The van der Waals surface area contributed by atoms with Gasteiger partial charge >= 0.3 is 5.97 Å². The Hall–Kier alpha value is -3.58. The molecular formula is C32H40ClFN2O4. The van der Waals surface area contributed by atoms with Crippen molar-refractivity contribution in [2.45, 2.75) is 66.3 Å². The number of carboxylic acids is 1. The van der Waals surface area contributed by atoms with E-state index in [4.69, 9.17) is 21.4 Å². The zero-order valence-corrected chi connectivity index (χ0v) is 24.9. The Balaban J connectivity index is 0.00000274.